The number of hydrogen-bond donors (Lipinski definition) is 1. The van der Waals surface area contributed by atoms with Crippen LogP contribution in [0.25, 0.3) is 0 Å². The van der Waals surface area contributed by atoms with Crippen LogP contribution in [0.2, 0.25) is 0 Å². The summed E-state index contributed by atoms with van der Waals surface area (Å²) in [5.74, 6) is 0.425. The highest BCUT2D eigenvalue weighted by Crippen LogP contribution is 2.40. The molecule has 6 heteroatoms. The van der Waals surface area contributed by atoms with Gasteiger partial charge in [0.2, 0.25) is 0 Å². The van der Waals surface area contributed by atoms with E-state index in [9.17, 15) is 9.59 Å². The highest BCUT2D eigenvalue weighted by molar-refractivity contribution is 6.03. The number of methoxy groups -OCH3 is 1. The molecule has 2 aromatic rings. The molecule has 1 aromatic carbocycles. The quantitative estimate of drug-likeness (QED) is 0.874. The van der Waals surface area contributed by atoms with Gasteiger partial charge in [0.25, 0.3) is 5.91 Å². The van der Waals surface area contributed by atoms with Gasteiger partial charge in [-0.3, -0.25) is 4.79 Å². The standard InChI is InChI=1S/C15H14N2O4/c1-20-15(19)10-4-6-11(7-5-10)16-14(18)12-8-13(21-17-12)9-2-3-9/h4-9H,2-3H2,1H3,(H,16,18). The van der Waals surface area contributed by atoms with Gasteiger partial charge in [0.1, 0.15) is 5.76 Å². The third kappa shape index (κ3) is 2.94. The van der Waals surface area contributed by atoms with Crippen LogP contribution >= 0.6 is 0 Å². The molecule has 1 aliphatic rings. The molecule has 1 N–H and O–H groups in total. The Labute approximate surface area is 121 Å². The molecule has 0 bridgehead atoms. The van der Waals surface area contributed by atoms with Crippen molar-refractivity contribution in [1.29, 1.82) is 0 Å². The summed E-state index contributed by atoms with van der Waals surface area (Å²) in [6, 6.07) is 8.10. The Kier molecular flexibility index (Phi) is 3.43. The maximum atomic E-state index is 12.0. The highest BCUT2D eigenvalue weighted by Gasteiger charge is 2.28. The first-order valence-corrected chi connectivity index (χ1v) is 6.63. The topological polar surface area (TPSA) is 81.4 Å². The molecular formula is C15H14N2O4. The summed E-state index contributed by atoms with van der Waals surface area (Å²) >= 11 is 0. The average molecular weight is 286 g/mol. The van der Waals surface area contributed by atoms with Crippen molar-refractivity contribution >= 4 is 17.6 Å². The molecule has 0 aliphatic heterocycles. The van der Waals surface area contributed by atoms with Gasteiger partial charge < -0.3 is 14.6 Å². The smallest absolute Gasteiger partial charge is 0.337 e. The second-order valence-corrected chi connectivity index (χ2v) is 4.91. The SMILES string of the molecule is COC(=O)c1ccc(NC(=O)c2cc(C3CC3)on2)cc1. The first-order valence-electron chi connectivity index (χ1n) is 6.63. The van der Waals surface area contributed by atoms with Crippen molar-refractivity contribution < 1.29 is 18.8 Å². The summed E-state index contributed by atoms with van der Waals surface area (Å²) in [6.07, 6.45) is 2.18. The van der Waals surface area contributed by atoms with E-state index in [1.54, 1.807) is 30.3 Å². The molecule has 0 spiro atoms. The molecule has 1 aliphatic carbocycles. The van der Waals surface area contributed by atoms with Crippen LogP contribution in [0.5, 0.6) is 0 Å². The number of amides is 1. The van der Waals surface area contributed by atoms with Crippen LogP contribution in [0, 0.1) is 0 Å². The zero-order valence-corrected chi connectivity index (χ0v) is 11.5. The maximum Gasteiger partial charge on any atom is 0.337 e. The van der Waals surface area contributed by atoms with Gasteiger partial charge in [-0.1, -0.05) is 5.16 Å². The summed E-state index contributed by atoms with van der Waals surface area (Å²) in [5, 5.41) is 6.47. The number of aromatic nitrogens is 1. The molecule has 1 fully saturated rings. The molecule has 1 aromatic heterocycles. The van der Waals surface area contributed by atoms with Gasteiger partial charge in [0.15, 0.2) is 5.69 Å². The van der Waals surface area contributed by atoms with Crippen molar-refractivity contribution in [2.75, 3.05) is 12.4 Å². The summed E-state index contributed by atoms with van der Waals surface area (Å²) in [4.78, 5) is 23.3. The minimum absolute atomic E-state index is 0.258. The van der Waals surface area contributed by atoms with Crippen molar-refractivity contribution in [3.63, 3.8) is 0 Å². The molecule has 108 valence electrons. The second-order valence-electron chi connectivity index (χ2n) is 4.91. The van der Waals surface area contributed by atoms with E-state index in [2.05, 4.69) is 15.2 Å². The predicted octanol–water partition coefficient (Wildman–Crippen LogP) is 2.59. The molecule has 21 heavy (non-hydrogen) atoms. The summed E-state index contributed by atoms with van der Waals surface area (Å²) in [7, 11) is 1.32. The van der Waals surface area contributed by atoms with E-state index < -0.39 is 5.97 Å². The van der Waals surface area contributed by atoms with Crippen LogP contribution in [-0.2, 0) is 4.74 Å². The van der Waals surface area contributed by atoms with Crippen LogP contribution < -0.4 is 5.32 Å². The predicted molar refractivity (Wildman–Crippen MR) is 74.2 cm³/mol. The third-order valence-corrected chi connectivity index (χ3v) is 3.30. The lowest BCUT2D eigenvalue weighted by Crippen LogP contribution is -2.12. The molecule has 3 rings (SSSR count). The van der Waals surface area contributed by atoms with Crippen LogP contribution in [-0.4, -0.2) is 24.1 Å². The van der Waals surface area contributed by atoms with E-state index in [0.717, 1.165) is 18.6 Å². The van der Waals surface area contributed by atoms with Crippen molar-refractivity contribution in [2.24, 2.45) is 0 Å². The maximum absolute atomic E-state index is 12.0. The van der Waals surface area contributed by atoms with Crippen LogP contribution in [0.4, 0.5) is 5.69 Å². The fourth-order valence-electron chi connectivity index (χ4n) is 1.96. The largest absolute Gasteiger partial charge is 0.465 e. The van der Waals surface area contributed by atoms with Gasteiger partial charge >= 0.3 is 5.97 Å². The summed E-state index contributed by atoms with van der Waals surface area (Å²) < 4.78 is 9.75. The minimum Gasteiger partial charge on any atom is -0.465 e. The first kappa shape index (κ1) is 13.4. The third-order valence-electron chi connectivity index (χ3n) is 3.30. The molecular weight excluding hydrogens is 272 g/mol. The normalized spacial score (nSPS) is 13.8. The van der Waals surface area contributed by atoms with Gasteiger partial charge in [-0.25, -0.2) is 4.79 Å². The Bertz CT molecular complexity index is 671. The molecule has 1 saturated carbocycles. The number of esters is 1. The van der Waals surface area contributed by atoms with E-state index >= 15 is 0 Å². The Morgan fingerprint density at radius 2 is 2.00 bits per heavy atom. The number of anilines is 1. The molecule has 0 saturated heterocycles. The van der Waals surface area contributed by atoms with Gasteiger partial charge in [-0.2, -0.15) is 0 Å². The van der Waals surface area contributed by atoms with E-state index in [-0.39, 0.29) is 11.6 Å². The average Bonchev–Trinajstić information content (AvgIpc) is 3.24. The van der Waals surface area contributed by atoms with Crippen molar-refractivity contribution in [1.82, 2.24) is 5.16 Å². The lowest BCUT2D eigenvalue weighted by molar-refractivity contribution is 0.0600. The molecule has 0 radical (unpaired) electrons. The minimum atomic E-state index is -0.418. The fourth-order valence-corrected chi connectivity index (χ4v) is 1.96. The Balaban J connectivity index is 1.67. The monoisotopic (exact) mass is 286 g/mol. The number of carbonyl (C=O) groups is 2. The second kappa shape index (κ2) is 5.40. The van der Waals surface area contributed by atoms with Crippen LogP contribution in [0.15, 0.2) is 34.9 Å². The Morgan fingerprint density at radius 3 is 2.62 bits per heavy atom. The first-order chi connectivity index (χ1) is 10.2. The number of rotatable bonds is 4. The zero-order chi connectivity index (χ0) is 14.8. The van der Waals surface area contributed by atoms with E-state index in [4.69, 9.17) is 4.52 Å². The number of ether oxygens (including phenoxy) is 1. The van der Waals surface area contributed by atoms with Gasteiger partial charge in [0, 0.05) is 17.7 Å². The number of benzene rings is 1. The number of carbonyl (C=O) groups excluding carboxylic acids is 2. The number of nitrogens with zero attached hydrogens (tertiary/aromatic N) is 1. The molecule has 1 heterocycles. The Morgan fingerprint density at radius 1 is 1.29 bits per heavy atom. The van der Waals surface area contributed by atoms with Gasteiger partial charge in [-0.05, 0) is 37.1 Å². The molecule has 0 unspecified atom stereocenters. The van der Waals surface area contributed by atoms with E-state index in [1.807, 2.05) is 0 Å². The summed E-state index contributed by atoms with van der Waals surface area (Å²) in [5.41, 5.74) is 1.26. The molecule has 1 amide bonds. The molecule has 0 atom stereocenters. The van der Waals surface area contributed by atoms with Gasteiger partial charge in [0.05, 0.1) is 12.7 Å². The lowest BCUT2D eigenvalue weighted by Gasteiger charge is -2.04. The zero-order valence-electron chi connectivity index (χ0n) is 11.5. The summed E-state index contributed by atoms with van der Waals surface area (Å²) in [6.45, 7) is 0. The Hall–Kier alpha value is -2.63. The van der Waals surface area contributed by atoms with Gasteiger partial charge in [-0.15, -0.1) is 0 Å². The highest BCUT2D eigenvalue weighted by atomic mass is 16.5. The van der Waals surface area contributed by atoms with E-state index in [1.165, 1.54) is 7.11 Å². The van der Waals surface area contributed by atoms with Crippen molar-refractivity contribution in [2.45, 2.75) is 18.8 Å². The van der Waals surface area contributed by atoms with Crippen LogP contribution in [0.3, 0.4) is 0 Å². The van der Waals surface area contributed by atoms with Crippen molar-refractivity contribution in [3.8, 4) is 0 Å². The molecule has 6 nitrogen and oxygen atoms in total. The number of hydrogen-bond acceptors (Lipinski definition) is 5. The number of nitrogens with one attached hydrogen (secondary N) is 1. The van der Waals surface area contributed by atoms with Crippen LogP contribution in [0.1, 0.15) is 45.4 Å². The fraction of sp³-hybridized carbons (Fsp3) is 0.267. The lowest BCUT2D eigenvalue weighted by atomic mass is 10.2. The van der Waals surface area contributed by atoms with E-state index in [0.29, 0.717) is 17.2 Å². The van der Waals surface area contributed by atoms with Crippen molar-refractivity contribution in [3.05, 3.63) is 47.3 Å².